The van der Waals surface area contributed by atoms with E-state index < -0.39 is 0 Å². The number of ketones is 1. The first-order chi connectivity index (χ1) is 7.68. The lowest BCUT2D eigenvalue weighted by atomic mass is 10.2. The Balaban J connectivity index is 1.99. The molecule has 1 aromatic rings. The highest BCUT2D eigenvalue weighted by Crippen LogP contribution is 2.08. The SMILES string of the molecule is CC1COCCN1CC(=O)c1cccn1C. The first kappa shape index (κ1) is 11.4. The van der Waals surface area contributed by atoms with Gasteiger partial charge in [-0.25, -0.2) is 0 Å². The molecule has 1 fully saturated rings. The van der Waals surface area contributed by atoms with Crippen LogP contribution in [0.2, 0.25) is 0 Å². The van der Waals surface area contributed by atoms with Crippen molar-refractivity contribution in [2.24, 2.45) is 7.05 Å². The van der Waals surface area contributed by atoms with Gasteiger partial charge >= 0.3 is 0 Å². The predicted molar refractivity (Wildman–Crippen MR) is 61.6 cm³/mol. The Hall–Kier alpha value is -1.13. The minimum absolute atomic E-state index is 0.182. The molecule has 1 unspecified atom stereocenters. The molecule has 0 aliphatic carbocycles. The zero-order valence-corrected chi connectivity index (χ0v) is 9.85. The molecule has 1 aliphatic rings. The number of morpholine rings is 1. The lowest BCUT2D eigenvalue weighted by Crippen LogP contribution is -2.46. The van der Waals surface area contributed by atoms with Gasteiger partial charge < -0.3 is 9.30 Å². The Morgan fingerprint density at radius 1 is 1.62 bits per heavy atom. The van der Waals surface area contributed by atoms with Gasteiger partial charge in [0, 0.05) is 25.8 Å². The number of Topliss-reactive ketones (excluding diaryl/α,β-unsaturated/α-hetero) is 1. The van der Waals surface area contributed by atoms with Crippen LogP contribution in [-0.4, -0.2) is 47.6 Å². The standard InChI is InChI=1S/C12H18N2O2/c1-10-9-16-7-6-14(10)8-12(15)11-4-3-5-13(11)2/h3-5,10H,6-9H2,1-2H3. The van der Waals surface area contributed by atoms with Crippen LogP contribution in [0.25, 0.3) is 0 Å². The lowest BCUT2D eigenvalue weighted by Gasteiger charge is -2.32. The molecule has 88 valence electrons. The van der Waals surface area contributed by atoms with Crippen molar-refractivity contribution in [2.45, 2.75) is 13.0 Å². The number of nitrogens with zero attached hydrogens (tertiary/aromatic N) is 2. The highest BCUT2D eigenvalue weighted by atomic mass is 16.5. The first-order valence-corrected chi connectivity index (χ1v) is 5.65. The van der Waals surface area contributed by atoms with Crippen molar-refractivity contribution in [3.8, 4) is 0 Å². The van der Waals surface area contributed by atoms with Gasteiger partial charge in [-0.3, -0.25) is 9.69 Å². The van der Waals surface area contributed by atoms with Crippen LogP contribution in [-0.2, 0) is 11.8 Å². The molecule has 2 rings (SSSR count). The number of hydrogen-bond acceptors (Lipinski definition) is 3. The molecule has 0 radical (unpaired) electrons. The summed E-state index contributed by atoms with van der Waals surface area (Å²) in [5, 5.41) is 0. The molecule has 1 aliphatic heterocycles. The van der Waals surface area contributed by atoms with Gasteiger partial charge in [-0.2, -0.15) is 0 Å². The molecule has 1 saturated heterocycles. The average molecular weight is 222 g/mol. The Morgan fingerprint density at radius 2 is 2.44 bits per heavy atom. The molecular formula is C12H18N2O2. The summed E-state index contributed by atoms with van der Waals surface area (Å²) in [5.41, 5.74) is 0.777. The van der Waals surface area contributed by atoms with Crippen LogP contribution in [0, 0.1) is 0 Å². The molecule has 4 heteroatoms. The van der Waals surface area contributed by atoms with E-state index in [0.717, 1.165) is 25.5 Å². The molecule has 1 atom stereocenters. The van der Waals surface area contributed by atoms with E-state index in [1.54, 1.807) is 0 Å². The Kier molecular flexibility index (Phi) is 3.41. The molecular weight excluding hydrogens is 204 g/mol. The predicted octanol–water partition coefficient (Wildman–Crippen LogP) is 0.928. The van der Waals surface area contributed by atoms with Crippen LogP contribution in [0.5, 0.6) is 0 Å². The first-order valence-electron chi connectivity index (χ1n) is 5.65. The summed E-state index contributed by atoms with van der Waals surface area (Å²) in [4.78, 5) is 14.2. The Morgan fingerprint density at radius 3 is 3.06 bits per heavy atom. The van der Waals surface area contributed by atoms with E-state index in [-0.39, 0.29) is 5.78 Å². The van der Waals surface area contributed by atoms with Gasteiger partial charge in [0.2, 0.25) is 0 Å². The smallest absolute Gasteiger partial charge is 0.193 e. The fourth-order valence-electron chi connectivity index (χ4n) is 2.01. The number of rotatable bonds is 3. The van der Waals surface area contributed by atoms with E-state index >= 15 is 0 Å². The van der Waals surface area contributed by atoms with Crippen molar-refractivity contribution in [2.75, 3.05) is 26.3 Å². The average Bonchev–Trinajstić information content (AvgIpc) is 2.68. The molecule has 0 aromatic carbocycles. The second-order valence-electron chi connectivity index (χ2n) is 4.32. The van der Waals surface area contributed by atoms with Crippen molar-refractivity contribution in [3.63, 3.8) is 0 Å². The Labute approximate surface area is 95.8 Å². The van der Waals surface area contributed by atoms with Crippen LogP contribution < -0.4 is 0 Å². The van der Waals surface area contributed by atoms with E-state index in [2.05, 4.69) is 11.8 Å². The van der Waals surface area contributed by atoms with Crippen LogP contribution in [0.3, 0.4) is 0 Å². The zero-order valence-electron chi connectivity index (χ0n) is 9.85. The van der Waals surface area contributed by atoms with Gasteiger partial charge in [-0.15, -0.1) is 0 Å². The Bertz CT molecular complexity index is 373. The second kappa shape index (κ2) is 4.80. The van der Waals surface area contributed by atoms with Crippen molar-refractivity contribution in [1.29, 1.82) is 0 Å². The fourth-order valence-corrected chi connectivity index (χ4v) is 2.01. The van der Waals surface area contributed by atoms with Crippen LogP contribution >= 0.6 is 0 Å². The van der Waals surface area contributed by atoms with Gasteiger partial charge in [0.15, 0.2) is 5.78 Å². The maximum Gasteiger partial charge on any atom is 0.193 e. The van der Waals surface area contributed by atoms with Crippen molar-refractivity contribution >= 4 is 5.78 Å². The van der Waals surface area contributed by atoms with Gasteiger partial charge in [0.1, 0.15) is 0 Å². The molecule has 16 heavy (non-hydrogen) atoms. The van der Waals surface area contributed by atoms with E-state index in [9.17, 15) is 4.79 Å². The van der Waals surface area contributed by atoms with Crippen molar-refractivity contribution < 1.29 is 9.53 Å². The molecule has 0 saturated carbocycles. The summed E-state index contributed by atoms with van der Waals surface area (Å²) in [6.45, 7) is 4.88. The highest BCUT2D eigenvalue weighted by Gasteiger charge is 2.22. The number of ether oxygens (including phenoxy) is 1. The second-order valence-corrected chi connectivity index (χ2v) is 4.32. The largest absolute Gasteiger partial charge is 0.379 e. The normalized spacial score (nSPS) is 22.2. The summed E-state index contributed by atoms with van der Waals surface area (Å²) >= 11 is 0. The molecule has 0 amide bonds. The van der Waals surface area contributed by atoms with Crippen LogP contribution in [0.4, 0.5) is 0 Å². The maximum absolute atomic E-state index is 12.0. The van der Waals surface area contributed by atoms with E-state index in [4.69, 9.17) is 4.74 Å². The zero-order chi connectivity index (χ0) is 11.5. The molecule has 2 heterocycles. The molecule has 0 bridgehead atoms. The molecule has 4 nitrogen and oxygen atoms in total. The maximum atomic E-state index is 12.0. The van der Waals surface area contributed by atoms with E-state index in [0.29, 0.717) is 12.6 Å². The lowest BCUT2D eigenvalue weighted by molar-refractivity contribution is 0.00189. The third-order valence-electron chi connectivity index (χ3n) is 3.08. The monoisotopic (exact) mass is 222 g/mol. The molecule has 0 spiro atoms. The third kappa shape index (κ3) is 2.33. The molecule has 0 N–H and O–H groups in total. The minimum Gasteiger partial charge on any atom is -0.379 e. The van der Waals surface area contributed by atoms with Crippen molar-refractivity contribution in [1.82, 2.24) is 9.47 Å². The topological polar surface area (TPSA) is 34.5 Å². The summed E-state index contributed by atoms with van der Waals surface area (Å²) < 4.78 is 7.22. The number of aromatic nitrogens is 1. The van der Waals surface area contributed by atoms with Gasteiger partial charge in [-0.05, 0) is 19.1 Å². The number of hydrogen-bond donors (Lipinski definition) is 0. The third-order valence-corrected chi connectivity index (χ3v) is 3.08. The summed E-state index contributed by atoms with van der Waals surface area (Å²) in [5.74, 6) is 0.182. The minimum atomic E-state index is 0.182. The number of aryl methyl sites for hydroxylation is 1. The van der Waals surface area contributed by atoms with Gasteiger partial charge in [0.25, 0.3) is 0 Å². The number of carbonyl (C=O) groups is 1. The van der Waals surface area contributed by atoms with Crippen LogP contribution in [0.15, 0.2) is 18.3 Å². The summed E-state index contributed by atoms with van der Waals surface area (Å²) in [6, 6.07) is 4.10. The summed E-state index contributed by atoms with van der Waals surface area (Å²) in [6.07, 6.45) is 1.90. The summed E-state index contributed by atoms with van der Waals surface area (Å²) in [7, 11) is 1.90. The van der Waals surface area contributed by atoms with Crippen molar-refractivity contribution in [3.05, 3.63) is 24.0 Å². The molecule has 1 aromatic heterocycles. The van der Waals surface area contributed by atoms with E-state index in [1.807, 2.05) is 29.9 Å². The van der Waals surface area contributed by atoms with E-state index in [1.165, 1.54) is 0 Å². The van der Waals surface area contributed by atoms with Crippen LogP contribution in [0.1, 0.15) is 17.4 Å². The highest BCUT2D eigenvalue weighted by molar-refractivity contribution is 5.96. The van der Waals surface area contributed by atoms with Gasteiger partial charge in [-0.1, -0.05) is 0 Å². The number of carbonyl (C=O) groups excluding carboxylic acids is 1. The quantitative estimate of drug-likeness (QED) is 0.713. The van der Waals surface area contributed by atoms with Gasteiger partial charge in [0.05, 0.1) is 25.5 Å². The fraction of sp³-hybridized carbons (Fsp3) is 0.583.